The van der Waals surface area contributed by atoms with Gasteiger partial charge in [-0.25, -0.2) is 9.18 Å². The third-order valence-electron chi connectivity index (χ3n) is 10.5. The molecule has 3 aromatic carbocycles. The molecular weight excluding hydrogens is 655 g/mol. The fraction of sp³-hybridized carbons (Fsp3) is 0.513. The zero-order chi connectivity index (χ0) is 35.2. The Balaban J connectivity index is 1.28. The lowest BCUT2D eigenvalue weighted by Gasteiger charge is -2.42. The summed E-state index contributed by atoms with van der Waals surface area (Å²) < 4.78 is 29.2. The molecule has 3 saturated heterocycles. The van der Waals surface area contributed by atoms with E-state index in [9.17, 15) is 4.79 Å². The van der Waals surface area contributed by atoms with Gasteiger partial charge in [0.1, 0.15) is 23.5 Å². The van der Waals surface area contributed by atoms with Crippen molar-refractivity contribution in [3.63, 3.8) is 0 Å². The lowest BCUT2D eigenvalue weighted by atomic mass is 9.96. The van der Waals surface area contributed by atoms with E-state index in [1.54, 1.807) is 6.07 Å². The van der Waals surface area contributed by atoms with Crippen molar-refractivity contribution >= 4 is 45.2 Å². The highest BCUT2D eigenvalue weighted by Crippen LogP contribution is 2.42. The molecule has 4 heterocycles. The lowest BCUT2D eigenvalue weighted by molar-refractivity contribution is 0.0122. The van der Waals surface area contributed by atoms with Crippen molar-refractivity contribution in [1.29, 1.82) is 0 Å². The van der Waals surface area contributed by atoms with Crippen molar-refractivity contribution < 1.29 is 18.7 Å². The van der Waals surface area contributed by atoms with Gasteiger partial charge in [-0.15, -0.1) is 0 Å². The van der Waals surface area contributed by atoms with Crippen molar-refractivity contribution in [2.75, 3.05) is 37.7 Å². The molecular formula is C39H48ClFN6O3. The summed E-state index contributed by atoms with van der Waals surface area (Å²) in [5.41, 5.74) is 6.76. The normalized spacial score (nSPS) is 21.7. The topological polar surface area (TPSA) is 97.1 Å². The molecule has 1 aromatic heterocycles. The Morgan fingerprint density at radius 3 is 2.52 bits per heavy atom. The van der Waals surface area contributed by atoms with Crippen LogP contribution in [0.4, 0.5) is 15.0 Å². The van der Waals surface area contributed by atoms with Crippen LogP contribution < -0.4 is 15.4 Å². The average Bonchev–Trinajstić information content (AvgIpc) is 3.66. The molecule has 3 fully saturated rings. The van der Waals surface area contributed by atoms with Crippen molar-refractivity contribution in [3.8, 4) is 17.1 Å². The number of rotatable bonds is 9. The van der Waals surface area contributed by atoms with E-state index in [0.717, 1.165) is 55.8 Å². The Hall–Kier alpha value is -3.73. The molecule has 4 aromatic rings. The number of hydrogen-bond acceptors (Lipinski definition) is 8. The number of amides is 1. The first-order valence-corrected chi connectivity index (χ1v) is 18.5. The molecule has 2 bridgehead atoms. The number of benzene rings is 3. The van der Waals surface area contributed by atoms with Crippen LogP contribution in [0.5, 0.6) is 6.01 Å². The average molecular weight is 703 g/mol. The lowest BCUT2D eigenvalue weighted by Crippen LogP contribution is -2.57. The highest BCUT2D eigenvalue weighted by Gasteiger charge is 2.45. The summed E-state index contributed by atoms with van der Waals surface area (Å²) in [4.78, 5) is 29.4. The number of likely N-dealkylation sites (tertiary alicyclic amines) is 1. The second-order valence-corrected chi connectivity index (χ2v) is 15.4. The van der Waals surface area contributed by atoms with Gasteiger partial charge in [0.15, 0.2) is 5.82 Å². The van der Waals surface area contributed by atoms with Crippen molar-refractivity contribution in [1.82, 2.24) is 19.8 Å². The highest BCUT2D eigenvalue weighted by atomic mass is 35.5. The molecule has 9 nitrogen and oxygen atoms in total. The molecule has 3 aliphatic rings. The van der Waals surface area contributed by atoms with Gasteiger partial charge in [-0.1, -0.05) is 67.4 Å². The molecule has 0 radical (unpaired) electrons. The Bertz CT molecular complexity index is 1870. The first-order chi connectivity index (χ1) is 24.1. The number of nitrogens with zero attached hydrogens (tertiary/aromatic N) is 5. The van der Waals surface area contributed by atoms with E-state index in [1.807, 2.05) is 68.1 Å². The Kier molecular flexibility index (Phi) is 9.80. The van der Waals surface area contributed by atoms with Crippen LogP contribution in [-0.4, -0.2) is 88.4 Å². The smallest absolute Gasteiger partial charge is 0.410 e. The maximum absolute atomic E-state index is 17.1. The molecule has 0 spiro atoms. The van der Waals surface area contributed by atoms with Gasteiger partial charge in [-0.05, 0) is 81.8 Å². The summed E-state index contributed by atoms with van der Waals surface area (Å²) in [6.45, 7) is 10.8. The second kappa shape index (κ2) is 14.1. The summed E-state index contributed by atoms with van der Waals surface area (Å²) in [7, 11) is 0. The monoisotopic (exact) mass is 702 g/mol. The number of carbonyl (C=O) groups is 1. The molecule has 3 aliphatic heterocycles. The van der Waals surface area contributed by atoms with E-state index in [1.165, 1.54) is 0 Å². The maximum atomic E-state index is 17.1. The van der Waals surface area contributed by atoms with Crippen LogP contribution >= 0.6 is 11.6 Å². The minimum absolute atomic E-state index is 0.0629. The third kappa shape index (κ3) is 6.69. The number of fused-ring (bicyclic) bond motifs is 4. The van der Waals surface area contributed by atoms with Crippen LogP contribution in [0.1, 0.15) is 66.2 Å². The van der Waals surface area contributed by atoms with Crippen molar-refractivity contribution in [2.24, 2.45) is 5.73 Å². The quantitative estimate of drug-likeness (QED) is 0.189. The standard InChI is InChI=1S/C39H48ClFN6O3/c1-5-10-25(20-42)46-18-9-13-28(46)23-49-37-43-35-31(19-32(40)33(34(35)41)30-15-8-12-24-11-6-7-14-29(24)30)36(44-37)45-21-26-16-17-27(22-45)47(26)38(48)50-39(2,3)4/h6-8,11-12,14-15,19,25-28H,5,9-10,13,16-18,20-23,42H2,1-4H3. The van der Waals surface area contributed by atoms with Crippen LogP contribution in [0, 0.1) is 5.82 Å². The van der Waals surface area contributed by atoms with E-state index in [2.05, 4.69) is 16.7 Å². The third-order valence-corrected chi connectivity index (χ3v) is 10.8. The molecule has 50 heavy (non-hydrogen) atoms. The Morgan fingerprint density at radius 1 is 1.06 bits per heavy atom. The summed E-state index contributed by atoms with van der Waals surface area (Å²) in [5, 5.41) is 2.69. The molecule has 1 amide bonds. The van der Waals surface area contributed by atoms with E-state index in [-0.39, 0.29) is 40.8 Å². The SMILES string of the molecule is CCCC(CN)N1CCCC1COc1nc(N2CC3CCC(C2)N3C(=O)OC(C)(C)C)c2cc(Cl)c(-c3cccc4ccccc34)c(F)c2n1. The number of carbonyl (C=O) groups excluding carboxylic acids is 1. The highest BCUT2D eigenvalue weighted by molar-refractivity contribution is 6.35. The fourth-order valence-electron chi connectivity index (χ4n) is 8.29. The van der Waals surface area contributed by atoms with Crippen LogP contribution in [0.3, 0.4) is 0 Å². The van der Waals surface area contributed by atoms with Crippen LogP contribution in [0.25, 0.3) is 32.8 Å². The molecule has 11 heteroatoms. The molecule has 0 saturated carbocycles. The van der Waals surface area contributed by atoms with Gasteiger partial charge in [-0.2, -0.15) is 9.97 Å². The number of nitrogens with two attached hydrogens (primary N) is 1. The minimum Gasteiger partial charge on any atom is -0.462 e. The van der Waals surface area contributed by atoms with Gasteiger partial charge in [-0.3, -0.25) is 9.80 Å². The van der Waals surface area contributed by atoms with Gasteiger partial charge in [0.05, 0.1) is 17.1 Å². The molecule has 7 rings (SSSR count). The van der Waals surface area contributed by atoms with E-state index < -0.39 is 11.4 Å². The zero-order valence-corrected chi connectivity index (χ0v) is 30.3. The Labute approximate surface area is 298 Å². The number of anilines is 1. The molecule has 4 unspecified atom stereocenters. The van der Waals surface area contributed by atoms with Gasteiger partial charge < -0.3 is 20.1 Å². The fourth-order valence-corrected chi connectivity index (χ4v) is 8.58. The summed E-state index contributed by atoms with van der Waals surface area (Å²) in [6.07, 6.45) is 5.57. The van der Waals surface area contributed by atoms with Gasteiger partial charge in [0, 0.05) is 42.7 Å². The number of ether oxygens (including phenoxy) is 2. The number of halogens is 2. The van der Waals surface area contributed by atoms with Gasteiger partial charge in [0.25, 0.3) is 0 Å². The summed E-state index contributed by atoms with van der Waals surface area (Å²) >= 11 is 6.99. The van der Waals surface area contributed by atoms with E-state index in [4.69, 9.17) is 36.8 Å². The molecule has 2 N–H and O–H groups in total. The maximum Gasteiger partial charge on any atom is 0.410 e. The zero-order valence-electron chi connectivity index (χ0n) is 29.5. The van der Waals surface area contributed by atoms with E-state index in [0.29, 0.717) is 54.6 Å². The van der Waals surface area contributed by atoms with Gasteiger partial charge >= 0.3 is 12.1 Å². The van der Waals surface area contributed by atoms with Crippen LogP contribution in [-0.2, 0) is 4.74 Å². The van der Waals surface area contributed by atoms with Crippen molar-refractivity contribution in [3.05, 3.63) is 59.4 Å². The summed E-state index contributed by atoms with van der Waals surface area (Å²) in [6, 6.07) is 16.0. The number of aromatic nitrogens is 2. The summed E-state index contributed by atoms with van der Waals surface area (Å²) in [5.74, 6) is 0.0476. The Morgan fingerprint density at radius 2 is 1.80 bits per heavy atom. The second-order valence-electron chi connectivity index (χ2n) is 15.0. The van der Waals surface area contributed by atoms with Crippen LogP contribution in [0.2, 0.25) is 5.02 Å². The molecule has 4 atom stereocenters. The molecule has 0 aliphatic carbocycles. The van der Waals surface area contributed by atoms with Crippen molar-refractivity contribution in [2.45, 2.75) is 96.0 Å². The van der Waals surface area contributed by atoms with Gasteiger partial charge in [0.2, 0.25) is 0 Å². The number of hydrogen-bond donors (Lipinski definition) is 1. The predicted molar refractivity (Wildman–Crippen MR) is 198 cm³/mol. The minimum atomic E-state index is -0.589. The largest absolute Gasteiger partial charge is 0.462 e. The predicted octanol–water partition coefficient (Wildman–Crippen LogP) is 7.80. The van der Waals surface area contributed by atoms with Crippen LogP contribution in [0.15, 0.2) is 48.5 Å². The molecule has 266 valence electrons. The number of piperazine rings is 1. The first-order valence-electron chi connectivity index (χ1n) is 18.1. The van der Waals surface area contributed by atoms with E-state index >= 15 is 4.39 Å². The first kappa shape index (κ1) is 34.7.